The fraction of sp³-hybridized carbons (Fsp3) is 0.0556. The quantitative estimate of drug-likeness (QED) is 0.447. The van der Waals surface area contributed by atoms with Crippen LogP contribution < -0.4 is 16.4 Å². The third-order valence-corrected chi connectivity index (χ3v) is 3.09. The van der Waals surface area contributed by atoms with E-state index >= 15 is 0 Å². The van der Waals surface area contributed by atoms with E-state index in [4.69, 9.17) is 11.0 Å². The van der Waals surface area contributed by atoms with Crippen molar-refractivity contribution in [1.82, 2.24) is 0 Å². The highest BCUT2D eigenvalue weighted by molar-refractivity contribution is 6.10. The maximum atomic E-state index is 11.2. The number of allylic oxidation sites excluding steroid dienone is 1. The summed E-state index contributed by atoms with van der Waals surface area (Å²) in [5, 5.41) is 13.9. The zero-order valence-corrected chi connectivity index (χ0v) is 13.2. The van der Waals surface area contributed by atoms with Gasteiger partial charge in [0.2, 0.25) is 5.91 Å². The minimum Gasteiger partial charge on any atom is -0.404 e. The molecule has 4 N–H and O–H groups in total. The smallest absolute Gasteiger partial charge is 0.221 e. The van der Waals surface area contributed by atoms with Gasteiger partial charge >= 0.3 is 0 Å². The molecule has 24 heavy (non-hydrogen) atoms. The molecule has 0 aliphatic heterocycles. The molecule has 2 rings (SSSR count). The van der Waals surface area contributed by atoms with Crippen molar-refractivity contribution in [3.63, 3.8) is 0 Å². The Morgan fingerprint density at radius 2 is 1.96 bits per heavy atom. The lowest BCUT2D eigenvalue weighted by molar-refractivity contribution is -0.114. The fourth-order valence-electron chi connectivity index (χ4n) is 2.07. The molecule has 0 aliphatic carbocycles. The van der Waals surface area contributed by atoms with E-state index in [0.717, 1.165) is 5.56 Å². The van der Waals surface area contributed by atoms with Crippen molar-refractivity contribution in [3.05, 3.63) is 60.3 Å². The van der Waals surface area contributed by atoms with Crippen LogP contribution in [0.15, 0.2) is 59.7 Å². The predicted octanol–water partition coefficient (Wildman–Crippen LogP) is 3.24. The summed E-state index contributed by atoms with van der Waals surface area (Å²) in [6, 6.07) is 14.5. The lowest BCUT2D eigenvalue weighted by Gasteiger charge is -2.06. The Morgan fingerprint density at radius 3 is 2.67 bits per heavy atom. The Morgan fingerprint density at radius 1 is 1.21 bits per heavy atom. The van der Waals surface area contributed by atoms with Crippen molar-refractivity contribution in [2.45, 2.75) is 6.92 Å². The third kappa shape index (κ3) is 4.71. The van der Waals surface area contributed by atoms with E-state index in [1.165, 1.54) is 13.1 Å². The number of nitriles is 1. The molecule has 0 atom stereocenters. The van der Waals surface area contributed by atoms with Gasteiger partial charge in [-0.25, -0.2) is 0 Å². The first-order valence-corrected chi connectivity index (χ1v) is 7.21. The van der Waals surface area contributed by atoms with Gasteiger partial charge in [0.05, 0.1) is 5.69 Å². The number of nitrogens with zero attached hydrogens (tertiary/aromatic N) is 2. The number of aliphatic imine (C=N–C) groups is 1. The molecule has 0 fully saturated rings. The normalized spacial score (nSPS) is 11.1. The van der Waals surface area contributed by atoms with Gasteiger partial charge < -0.3 is 11.1 Å². The monoisotopic (exact) mass is 319 g/mol. The first kappa shape index (κ1) is 16.8. The summed E-state index contributed by atoms with van der Waals surface area (Å²) in [6.45, 7) is 1.45. The second-order valence-corrected chi connectivity index (χ2v) is 4.93. The van der Waals surface area contributed by atoms with Gasteiger partial charge in [-0.1, -0.05) is 18.2 Å². The maximum absolute atomic E-state index is 11.2. The number of benzene rings is 2. The lowest BCUT2D eigenvalue weighted by atomic mass is 10.1. The summed E-state index contributed by atoms with van der Waals surface area (Å²) in [7, 11) is 0. The molecule has 0 aromatic heterocycles. The molecule has 6 nitrogen and oxygen atoms in total. The molecule has 2 aromatic rings. The molecule has 0 spiro atoms. The largest absolute Gasteiger partial charge is 0.404 e. The molecule has 0 unspecified atom stereocenters. The predicted molar refractivity (Wildman–Crippen MR) is 96.7 cm³/mol. The highest BCUT2D eigenvalue weighted by atomic mass is 16.1. The number of carbonyl (C=O) groups is 1. The van der Waals surface area contributed by atoms with Gasteiger partial charge in [0.25, 0.3) is 0 Å². The molecule has 120 valence electrons. The van der Waals surface area contributed by atoms with Crippen molar-refractivity contribution < 1.29 is 4.79 Å². The average molecular weight is 319 g/mol. The van der Waals surface area contributed by atoms with E-state index < -0.39 is 0 Å². The van der Waals surface area contributed by atoms with Crippen molar-refractivity contribution in [1.29, 1.82) is 5.26 Å². The minimum absolute atomic E-state index is 0.138. The van der Waals surface area contributed by atoms with Crippen LogP contribution >= 0.6 is 0 Å². The van der Waals surface area contributed by atoms with E-state index in [1.54, 1.807) is 30.5 Å². The number of hydrogen-bond donors (Lipinski definition) is 3. The Bertz CT molecular complexity index is 833. The van der Waals surface area contributed by atoms with Gasteiger partial charge in [0, 0.05) is 36.3 Å². The van der Waals surface area contributed by atoms with Crippen molar-refractivity contribution >= 4 is 34.8 Å². The second-order valence-electron chi connectivity index (χ2n) is 4.93. The van der Waals surface area contributed by atoms with Crippen LogP contribution in [0.1, 0.15) is 12.5 Å². The van der Waals surface area contributed by atoms with E-state index in [1.807, 2.05) is 30.5 Å². The molecule has 1 amide bonds. The summed E-state index contributed by atoms with van der Waals surface area (Å²) < 4.78 is 0. The first-order chi connectivity index (χ1) is 11.6. The van der Waals surface area contributed by atoms with Gasteiger partial charge in [-0.2, -0.15) is 5.26 Å². The van der Waals surface area contributed by atoms with Crippen molar-refractivity contribution in [3.8, 4) is 6.19 Å². The van der Waals surface area contributed by atoms with Gasteiger partial charge in [0.1, 0.15) is 0 Å². The molecular formula is C18H17N5O. The summed E-state index contributed by atoms with van der Waals surface area (Å²) >= 11 is 0. The van der Waals surface area contributed by atoms with Gasteiger partial charge in [-0.3, -0.25) is 15.1 Å². The number of nitrogens with one attached hydrogen (secondary N) is 2. The molecule has 2 aromatic carbocycles. The van der Waals surface area contributed by atoms with Gasteiger partial charge in [-0.05, 0) is 35.9 Å². The van der Waals surface area contributed by atoms with Crippen molar-refractivity contribution in [2.24, 2.45) is 10.7 Å². The van der Waals surface area contributed by atoms with Crippen LogP contribution in [-0.4, -0.2) is 12.1 Å². The van der Waals surface area contributed by atoms with Crippen LogP contribution in [0, 0.1) is 11.5 Å². The van der Waals surface area contributed by atoms with E-state index in [9.17, 15) is 4.79 Å². The lowest BCUT2D eigenvalue weighted by Crippen LogP contribution is -2.05. The summed E-state index contributed by atoms with van der Waals surface area (Å²) in [4.78, 5) is 15.5. The number of anilines is 2. The Hall–Kier alpha value is -3.59. The number of hydrogen-bond acceptors (Lipinski definition) is 5. The van der Waals surface area contributed by atoms with Crippen molar-refractivity contribution in [2.75, 3.05) is 10.6 Å². The number of amides is 1. The number of carbonyl (C=O) groups excluding carboxylic acids is 1. The molecule has 0 bridgehead atoms. The minimum atomic E-state index is -0.138. The molecule has 6 heteroatoms. The Balaban J connectivity index is 2.22. The van der Waals surface area contributed by atoms with Crippen LogP contribution in [0.25, 0.3) is 5.57 Å². The van der Waals surface area contributed by atoms with E-state index in [0.29, 0.717) is 22.6 Å². The summed E-state index contributed by atoms with van der Waals surface area (Å²) in [5.74, 6) is -0.138. The summed E-state index contributed by atoms with van der Waals surface area (Å²) in [5.41, 5.74) is 9.28. The molecule has 0 saturated carbocycles. The SMILES string of the molecule is CC(=O)Nc1cccc(/C(C=Nc2cccc(NC#N)c2)=C/N)c1. The van der Waals surface area contributed by atoms with E-state index in [-0.39, 0.29) is 5.91 Å². The van der Waals surface area contributed by atoms with Crippen LogP contribution in [0.2, 0.25) is 0 Å². The molecule has 0 heterocycles. The zero-order chi connectivity index (χ0) is 17.4. The number of nitrogens with two attached hydrogens (primary N) is 1. The van der Waals surface area contributed by atoms with Gasteiger partial charge in [-0.15, -0.1) is 0 Å². The first-order valence-electron chi connectivity index (χ1n) is 7.21. The molecule has 0 saturated heterocycles. The fourth-order valence-corrected chi connectivity index (χ4v) is 2.07. The van der Waals surface area contributed by atoms with Crippen LogP contribution in [0.4, 0.5) is 17.1 Å². The van der Waals surface area contributed by atoms with E-state index in [2.05, 4.69) is 15.6 Å². The third-order valence-electron chi connectivity index (χ3n) is 3.09. The Kier molecular flexibility index (Phi) is 5.70. The molecule has 0 aliphatic rings. The number of rotatable bonds is 5. The highest BCUT2D eigenvalue weighted by Gasteiger charge is 2.02. The van der Waals surface area contributed by atoms with Crippen LogP contribution in [0.5, 0.6) is 0 Å². The Labute approximate surface area is 140 Å². The molecule has 0 radical (unpaired) electrons. The van der Waals surface area contributed by atoms with Crippen LogP contribution in [0.3, 0.4) is 0 Å². The van der Waals surface area contributed by atoms with Crippen LogP contribution in [-0.2, 0) is 4.79 Å². The zero-order valence-electron chi connectivity index (χ0n) is 13.2. The average Bonchev–Trinajstić information content (AvgIpc) is 2.56. The van der Waals surface area contributed by atoms with Gasteiger partial charge in [0.15, 0.2) is 6.19 Å². The maximum Gasteiger partial charge on any atom is 0.221 e. The standard InChI is InChI=1S/C18H17N5O/c1-13(24)23-18-7-2-4-14(8-18)15(10-19)11-21-16-5-3-6-17(9-16)22-12-20/h2-11,22H,19H2,1H3,(H,23,24)/b15-10+,21-11?. The molecular weight excluding hydrogens is 302 g/mol. The second kappa shape index (κ2) is 8.15. The topological polar surface area (TPSA) is 103 Å². The highest BCUT2D eigenvalue weighted by Crippen LogP contribution is 2.20. The summed E-state index contributed by atoms with van der Waals surface area (Å²) in [6.07, 6.45) is 4.96.